The molecule has 0 fully saturated rings. The number of hydrogen-bond acceptors (Lipinski definition) is 2. The highest BCUT2D eigenvalue weighted by atomic mass is 31.2. The fourth-order valence-corrected chi connectivity index (χ4v) is 7.80. The minimum absolute atomic E-state index is 0.390. The first-order valence-corrected chi connectivity index (χ1v) is 11.1. The van der Waals surface area contributed by atoms with Gasteiger partial charge in [0.05, 0.1) is 0 Å². The molecule has 1 aliphatic rings. The Hall–Kier alpha value is -2.96. The predicted octanol–water partition coefficient (Wildman–Crippen LogP) is 4.39. The molecule has 3 aromatic carbocycles. The van der Waals surface area contributed by atoms with E-state index in [1.165, 1.54) is 0 Å². The summed E-state index contributed by atoms with van der Waals surface area (Å²) in [6.07, 6.45) is 3.66. The maximum atomic E-state index is 14.8. The highest BCUT2D eigenvalue weighted by Crippen LogP contribution is 2.54. The summed E-state index contributed by atoms with van der Waals surface area (Å²) in [5, 5.41) is 2.74. The molecule has 28 heavy (non-hydrogen) atoms. The number of nitrogens with zero attached hydrogens (tertiary/aromatic N) is 1. The van der Waals surface area contributed by atoms with Crippen molar-refractivity contribution in [2.75, 3.05) is 0 Å². The monoisotopic (exact) mass is 381 g/mol. The van der Waals surface area contributed by atoms with E-state index in [0.717, 1.165) is 32.6 Å². The van der Waals surface area contributed by atoms with Crippen LogP contribution in [0.5, 0.6) is 0 Å². The fourth-order valence-electron chi connectivity index (χ4n) is 4.53. The van der Waals surface area contributed by atoms with Crippen molar-refractivity contribution in [2.45, 2.75) is 12.3 Å². The number of benzene rings is 3. The molecule has 0 saturated carbocycles. The third-order valence-corrected chi connectivity index (χ3v) is 9.10. The van der Waals surface area contributed by atoms with E-state index in [1.807, 2.05) is 79.1 Å². The maximum Gasteiger partial charge on any atom is 0.171 e. The predicted molar refractivity (Wildman–Crippen MR) is 116 cm³/mol. The lowest BCUT2D eigenvalue weighted by Crippen LogP contribution is -2.44. The van der Waals surface area contributed by atoms with Crippen LogP contribution in [-0.2, 0) is 9.98 Å². The van der Waals surface area contributed by atoms with Gasteiger partial charge in [0, 0.05) is 33.7 Å². The Kier molecular flexibility index (Phi) is 3.86. The summed E-state index contributed by atoms with van der Waals surface area (Å²) in [4.78, 5) is 4.20. The molecule has 0 spiro atoms. The van der Waals surface area contributed by atoms with Crippen molar-refractivity contribution in [3.63, 3.8) is 0 Å². The van der Waals surface area contributed by atoms with E-state index in [9.17, 15) is 4.57 Å². The first-order valence-electron chi connectivity index (χ1n) is 9.43. The summed E-state index contributed by atoms with van der Waals surface area (Å²) in [5.41, 5.74) is 2.97. The van der Waals surface area contributed by atoms with Gasteiger partial charge in [-0.3, -0.25) is 4.98 Å². The van der Waals surface area contributed by atoms with E-state index < -0.39 is 12.6 Å². The molecular formula is C25H20NOP. The average Bonchev–Trinajstić information content (AvgIpc) is 2.79. The second-order valence-electron chi connectivity index (χ2n) is 7.34. The van der Waals surface area contributed by atoms with Crippen LogP contribution >= 0.6 is 7.14 Å². The molecule has 2 nitrogen and oxygen atoms in total. The van der Waals surface area contributed by atoms with Crippen LogP contribution < -0.4 is 15.9 Å². The maximum absolute atomic E-state index is 14.8. The van der Waals surface area contributed by atoms with E-state index >= 15 is 0 Å². The van der Waals surface area contributed by atoms with Crippen LogP contribution in [0, 0.1) is 0 Å². The van der Waals surface area contributed by atoms with Crippen molar-refractivity contribution in [2.24, 2.45) is 0 Å². The Morgan fingerprint density at radius 2 is 1.18 bits per heavy atom. The van der Waals surface area contributed by atoms with Gasteiger partial charge >= 0.3 is 0 Å². The third kappa shape index (κ3) is 2.22. The van der Waals surface area contributed by atoms with Crippen LogP contribution in [-0.4, -0.2) is 4.98 Å². The van der Waals surface area contributed by atoms with Gasteiger partial charge in [-0.25, -0.2) is 0 Å². The molecule has 3 heteroatoms. The van der Waals surface area contributed by atoms with E-state index in [2.05, 4.69) is 36.2 Å². The van der Waals surface area contributed by atoms with Gasteiger partial charge in [0.1, 0.15) is 0 Å². The highest BCUT2D eigenvalue weighted by Gasteiger charge is 2.47. The molecule has 4 aromatic rings. The number of aromatic nitrogens is 1. The van der Waals surface area contributed by atoms with Gasteiger partial charge in [0.15, 0.2) is 7.14 Å². The van der Waals surface area contributed by atoms with E-state index in [4.69, 9.17) is 0 Å². The van der Waals surface area contributed by atoms with Crippen LogP contribution in [0.25, 0.3) is 0 Å². The zero-order chi connectivity index (χ0) is 19.2. The zero-order valence-corrected chi connectivity index (χ0v) is 16.5. The van der Waals surface area contributed by atoms with E-state index in [1.54, 1.807) is 0 Å². The van der Waals surface area contributed by atoms with Gasteiger partial charge in [-0.2, -0.15) is 0 Å². The molecule has 1 aliphatic heterocycles. The molecule has 1 aromatic heterocycles. The molecule has 2 heterocycles. The Bertz CT molecular complexity index is 1150. The second kappa shape index (κ2) is 6.29. The van der Waals surface area contributed by atoms with Gasteiger partial charge in [-0.15, -0.1) is 0 Å². The van der Waals surface area contributed by atoms with Gasteiger partial charge in [0.2, 0.25) is 0 Å². The van der Waals surface area contributed by atoms with Crippen molar-refractivity contribution in [3.05, 3.63) is 120 Å². The van der Waals surface area contributed by atoms with Gasteiger partial charge in [-0.1, -0.05) is 78.9 Å². The molecule has 0 bridgehead atoms. The molecule has 0 amide bonds. The van der Waals surface area contributed by atoms with Crippen molar-refractivity contribution in [1.29, 1.82) is 0 Å². The average molecular weight is 381 g/mol. The topological polar surface area (TPSA) is 30.0 Å². The molecule has 136 valence electrons. The lowest BCUT2D eigenvalue weighted by molar-refractivity contribution is 0.589. The third-order valence-electron chi connectivity index (χ3n) is 5.94. The van der Waals surface area contributed by atoms with Gasteiger partial charge in [0.25, 0.3) is 0 Å². The van der Waals surface area contributed by atoms with Gasteiger partial charge < -0.3 is 4.57 Å². The highest BCUT2D eigenvalue weighted by molar-refractivity contribution is 7.85. The molecule has 0 atom stereocenters. The summed E-state index contributed by atoms with van der Waals surface area (Å²) >= 11 is 0. The number of rotatable bonds is 2. The largest absolute Gasteiger partial charge is 0.309 e. The lowest BCUT2D eigenvalue weighted by Gasteiger charge is -2.42. The first-order chi connectivity index (χ1) is 13.7. The Labute approximate surface area is 165 Å². The Morgan fingerprint density at radius 1 is 0.679 bits per heavy atom. The van der Waals surface area contributed by atoms with Crippen molar-refractivity contribution in [1.82, 2.24) is 4.98 Å². The molecule has 0 N–H and O–H groups in total. The second-order valence-corrected chi connectivity index (χ2v) is 10.0. The summed E-state index contributed by atoms with van der Waals surface area (Å²) < 4.78 is 14.8. The summed E-state index contributed by atoms with van der Waals surface area (Å²) in [6.45, 7) is 2.23. The van der Waals surface area contributed by atoms with E-state index in [0.29, 0.717) is 0 Å². The fraction of sp³-hybridized carbons (Fsp3) is 0.0800. The summed E-state index contributed by atoms with van der Waals surface area (Å²) in [5.74, 6) is 0. The molecule has 0 unspecified atom stereocenters. The first kappa shape index (κ1) is 17.2. The Morgan fingerprint density at radius 3 is 1.75 bits per heavy atom. The standard InChI is InChI=1S/C25H20NOP/c1-25(19-15-17-26-18-16-19)21-11-5-7-13-23(21)28(27,20-9-3-2-4-10-20)24-14-8-6-12-22(24)25/h2-18H,1H3. The minimum atomic E-state index is -2.96. The van der Waals surface area contributed by atoms with Crippen LogP contribution in [0.4, 0.5) is 0 Å². The van der Waals surface area contributed by atoms with Crippen molar-refractivity contribution >= 4 is 23.1 Å². The lowest BCUT2D eigenvalue weighted by atomic mass is 9.71. The molecule has 0 aliphatic carbocycles. The SMILES string of the molecule is CC1(c2ccncc2)c2ccccc2P(=O)(c2ccccc2)c2ccccc21. The van der Waals surface area contributed by atoms with Crippen molar-refractivity contribution < 1.29 is 4.57 Å². The summed E-state index contributed by atoms with van der Waals surface area (Å²) in [7, 11) is -2.96. The molecular weight excluding hydrogens is 361 g/mol. The number of hydrogen-bond donors (Lipinski definition) is 0. The normalized spacial score (nSPS) is 22.9. The van der Waals surface area contributed by atoms with Crippen molar-refractivity contribution in [3.8, 4) is 0 Å². The van der Waals surface area contributed by atoms with Crippen LogP contribution in [0.15, 0.2) is 103 Å². The van der Waals surface area contributed by atoms with Crippen LogP contribution in [0.3, 0.4) is 0 Å². The number of pyridine rings is 1. The molecule has 0 radical (unpaired) electrons. The minimum Gasteiger partial charge on any atom is -0.309 e. The van der Waals surface area contributed by atoms with Gasteiger partial charge in [-0.05, 0) is 35.7 Å². The molecule has 5 rings (SSSR count). The quantitative estimate of drug-likeness (QED) is 0.482. The Balaban J connectivity index is 1.93. The number of fused-ring (bicyclic) bond motifs is 2. The smallest absolute Gasteiger partial charge is 0.171 e. The van der Waals surface area contributed by atoms with Crippen LogP contribution in [0.1, 0.15) is 23.6 Å². The van der Waals surface area contributed by atoms with E-state index in [-0.39, 0.29) is 0 Å². The summed E-state index contributed by atoms with van der Waals surface area (Å²) in [6, 6.07) is 30.4. The molecule has 0 saturated heterocycles. The zero-order valence-electron chi connectivity index (χ0n) is 15.6. The van der Waals surface area contributed by atoms with Crippen LogP contribution in [0.2, 0.25) is 0 Å².